The van der Waals surface area contributed by atoms with Crippen LogP contribution in [0.2, 0.25) is 0 Å². The first-order chi connectivity index (χ1) is 8.08. The molecule has 1 heterocycles. The molecule has 1 aromatic carbocycles. The second-order valence-electron chi connectivity index (χ2n) is 4.17. The number of H-pyrrole nitrogens is 1. The van der Waals surface area contributed by atoms with Gasteiger partial charge in [0, 0.05) is 27.5 Å². The minimum absolute atomic E-state index is 0.221. The van der Waals surface area contributed by atoms with Gasteiger partial charge in [-0.05, 0) is 43.5 Å². The van der Waals surface area contributed by atoms with E-state index in [2.05, 4.69) is 33.9 Å². The van der Waals surface area contributed by atoms with Crippen molar-refractivity contribution in [1.82, 2.24) is 4.98 Å². The third-order valence-corrected chi connectivity index (χ3v) is 3.43. The van der Waals surface area contributed by atoms with E-state index in [1.165, 1.54) is 10.9 Å². The summed E-state index contributed by atoms with van der Waals surface area (Å²) < 4.78 is 1.06. The van der Waals surface area contributed by atoms with Gasteiger partial charge in [0.05, 0.1) is 0 Å². The number of aromatic amines is 1. The van der Waals surface area contributed by atoms with E-state index in [-0.39, 0.29) is 6.42 Å². The van der Waals surface area contributed by atoms with E-state index in [0.29, 0.717) is 6.42 Å². The van der Waals surface area contributed by atoms with Crippen molar-refractivity contribution in [3.8, 4) is 0 Å². The minimum Gasteiger partial charge on any atom is -0.481 e. The summed E-state index contributed by atoms with van der Waals surface area (Å²) in [5, 5.41) is 9.82. The lowest BCUT2D eigenvalue weighted by Crippen LogP contribution is -1.96. The maximum absolute atomic E-state index is 10.5. The number of carboxylic acid groups (broad SMARTS) is 1. The van der Waals surface area contributed by atoms with Crippen molar-refractivity contribution in [3.63, 3.8) is 0 Å². The Labute approximate surface area is 108 Å². The van der Waals surface area contributed by atoms with Crippen LogP contribution in [-0.4, -0.2) is 16.1 Å². The van der Waals surface area contributed by atoms with Crippen molar-refractivity contribution < 1.29 is 9.90 Å². The van der Waals surface area contributed by atoms with Crippen LogP contribution in [0, 0.1) is 6.92 Å². The summed E-state index contributed by atoms with van der Waals surface area (Å²) >= 11 is 3.46. The molecule has 0 bridgehead atoms. The lowest BCUT2D eigenvalue weighted by Gasteiger charge is -1.98. The van der Waals surface area contributed by atoms with E-state index in [9.17, 15) is 4.79 Å². The van der Waals surface area contributed by atoms with Crippen LogP contribution in [0.3, 0.4) is 0 Å². The number of carboxylic acids is 1. The summed E-state index contributed by atoms with van der Waals surface area (Å²) in [7, 11) is 0. The molecule has 0 aliphatic rings. The Morgan fingerprint density at radius 2 is 2.24 bits per heavy atom. The van der Waals surface area contributed by atoms with Crippen molar-refractivity contribution in [3.05, 3.63) is 33.9 Å². The van der Waals surface area contributed by atoms with Crippen molar-refractivity contribution in [2.24, 2.45) is 0 Å². The Morgan fingerprint density at radius 3 is 2.94 bits per heavy atom. The van der Waals surface area contributed by atoms with Crippen molar-refractivity contribution in [1.29, 1.82) is 0 Å². The molecule has 0 unspecified atom stereocenters. The highest BCUT2D eigenvalue weighted by molar-refractivity contribution is 9.10. The van der Waals surface area contributed by atoms with Crippen LogP contribution in [0.4, 0.5) is 0 Å². The van der Waals surface area contributed by atoms with Gasteiger partial charge in [-0.3, -0.25) is 4.79 Å². The number of halogens is 1. The molecule has 4 heteroatoms. The number of fused-ring (bicyclic) bond motifs is 1. The molecule has 0 atom stereocenters. The number of rotatable bonds is 4. The Bertz CT molecular complexity index is 560. The molecule has 0 aliphatic heterocycles. The topological polar surface area (TPSA) is 53.1 Å². The molecule has 2 N–H and O–H groups in total. The second kappa shape index (κ2) is 4.92. The first-order valence-corrected chi connectivity index (χ1v) is 6.35. The molecule has 0 fully saturated rings. The Balaban J connectivity index is 2.23. The van der Waals surface area contributed by atoms with Crippen LogP contribution in [0.25, 0.3) is 10.9 Å². The van der Waals surface area contributed by atoms with Crippen LogP contribution < -0.4 is 0 Å². The molecule has 0 saturated carbocycles. The monoisotopic (exact) mass is 295 g/mol. The zero-order chi connectivity index (χ0) is 12.4. The third-order valence-electron chi connectivity index (χ3n) is 2.94. The van der Waals surface area contributed by atoms with Crippen molar-refractivity contribution in [2.75, 3.05) is 0 Å². The molecule has 17 heavy (non-hydrogen) atoms. The quantitative estimate of drug-likeness (QED) is 0.905. The van der Waals surface area contributed by atoms with Crippen LogP contribution >= 0.6 is 15.9 Å². The van der Waals surface area contributed by atoms with Gasteiger partial charge in [-0.1, -0.05) is 15.9 Å². The Kier molecular flexibility index (Phi) is 3.52. The lowest BCUT2D eigenvalue weighted by molar-refractivity contribution is -0.137. The number of aliphatic carboxylic acids is 1. The van der Waals surface area contributed by atoms with Gasteiger partial charge in [0.1, 0.15) is 0 Å². The van der Waals surface area contributed by atoms with E-state index in [4.69, 9.17) is 5.11 Å². The van der Waals surface area contributed by atoms with Gasteiger partial charge in [-0.15, -0.1) is 0 Å². The summed E-state index contributed by atoms with van der Waals surface area (Å²) in [4.78, 5) is 13.8. The van der Waals surface area contributed by atoms with Crippen LogP contribution in [-0.2, 0) is 11.2 Å². The molecule has 0 saturated heterocycles. The molecule has 1 aromatic heterocycles. The number of aryl methyl sites for hydroxylation is 2. The molecule has 0 amide bonds. The average Bonchev–Trinajstić information content (AvgIpc) is 2.56. The highest BCUT2D eigenvalue weighted by Gasteiger charge is 2.08. The fraction of sp³-hybridized carbons (Fsp3) is 0.308. The smallest absolute Gasteiger partial charge is 0.303 e. The Hall–Kier alpha value is -1.29. The number of benzene rings is 1. The summed E-state index contributed by atoms with van der Waals surface area (Å²) in [5.74, 6) is -0.735. The molecule has 90 valence electrons. The van der Waals surface area contributed by atoms with Crippen molar-refractivity contribution >= 4 is 32.8 Å². The molecule has 3 nitrogen and oxygen atoms in total. The fourth-order valence-electron chi connectivity index (χ4n) is 2.02. The third kappa shape index (κ3) is 2.69. The van der Waals surface area contributed by atoms with Crippen LogP contribution in [0.5, 0.6) is 0 Å². The van der Waals surface area contributed by atoms with Gasteiger partial charge in [-0.25, -0.2) is 0 Å². The SMILES string of the molecule is Cc1c(CCCC(=O)O)[nH]c2ccc(Br)cc12. The van der Waals surface area contributed by atoms with Gasteiger partial charge >= 0.3 is 5.97 Å². The maximum Gasteiger partial charge on any atom is 0.303 e. The van der Waals surface area contributed by atoms with E-state index in [0.717, 1.165) is 22.1 Å². The number of hydrogen-bond acceptors (Lipinski definition) is 1. The predicted octanol–water partition coefficient (Wildman–Crippen LogP) is 3.65. The molecule has 2 rings (SSSR count). The first-order valence-electron chi connectivity index (χ1n) is 5.56. The average molecular weight is 296 g/mol. The van der Waals surface area contributed by atoms with Crippen molar-refractivity contribution in [2.45, 2.75) is 26.2 Å². The summed E-state index contributed by atoms with van der Waals surface area (Å²) in [6.45, 7) is 2.07. The molecular formula is C13H14BrNO2. The van der Waals surface area contributed by atoms with Gasteiger partial charge < -0.3 is 10.1 Å². The predicted molar refractivity (Wildman–Crippen MR) is 71.3 cm³/mol. The molecule has 2 aromatic rings. The van der Waals surface area contributed by atoms with Gasteiger partial charge in [0.2, 0.25) is 0 Å². The van der Waals surface area contributed by atoms with Gasteiger partial charge in [0.25, 0.3) is 0 Å². The van der Waals surface area contributed by atoms with E-state index in [1.54, 1.807) is 0 Å². The highest BCUT2D eigenvalue weighted by Crippen LogP contribution is 2.25. The largest absolute Gasteiger partial charge is 0.481 e. The zero-order valence-corrected chi connectivity index (χ0v) is 11.2. The van der Waals surface area contributed by atoms with E-state index < -0.39 is 5.97 Å². The minimum atomic E-state index is -0.735. The van der Waals surface area contributed by atoms with Crippen LogP contribution in [0.15, 0.2) is 22.7 Å². The zero-order valence-electron chi connectivity index (χ0n) is 9.59. The molecule has 0 spiro atoms. The van der Waals surface area contributed by atoms with Gasteiger partial charge in [0.15, 0.2) is 0 Å². The number of aromatic nitrogens is 1. The molecule has 0 aliphatic carbocycles. The lowest BCUT2D eigenvalue weighted by atomic mass is 10.1. The first kappa shape index (κ1) is 12.2. The number of nitrogens with one attached hydrogen (secondary N) is 1. The number of hydrogen-bond donors (Lipinski definition) is 2. The summed E-state index contributed by atoms with van der Waals surface area (Å²) in [6, 6.07) is 6.12. The fourth-order valence-corrected chi connectivity index (χ4v) is 2.38. The Morgan fingerprint density at radius 1 is 1.47 bits per heavy atom. The highest BCUT2D eigenvalue weighted by atomic mass is 79.9. The van der Waals surface area contributed by atoms with Crippen LogP contribution in [0.1, 0.15) is 24.1 Å². The second-order valence-corrected chi connectivity index (χ2v) is 5.08. The number of carbonyl (C=O) groups is 1. The maximum atomic E-state index is 10.5. The molecular weight excluding hydrogens is 282 g/mol. The van der Waals surface area contributed by atoms with E-state index >= 15 is 0 Å². The summed E-state index contributed by atoms with van der Waals surface area (Å²) in [6.07, 6.45) is 1.67. The standard InChI is InChI=1S/C13H14BrNO2/c1-8-10-7-9(14)5-6-12(10)15-11(8)3-2-4-13(16)17/h5-7,15H,2-4H2,1H3,(H,16,17). The summed E-state index contributed by atoms with van der Waals surface area (Å²) in [5.41, 5.74) is 3.46. The normalized spacial score (nSPS) is 10.9. The molecule has 0 radical (unpaired) electrons. The van der Waals surface area contributed by atoms with E-state index in [1.807, 2.05) is 12.1 Å². The van der Waals surface area contributed by atoms with Gasteiger partial charge in [-0.2, -0.15) is 0 Å².